The average Bonchev–Trinajstić information content (AvgIpc) is 3.00. The molecule has 0 bridgehead atoms. The summed E-state index contributed by atoms with van der Waals surface area (Å²) in [6, 6.07) is 12.1. The summed E-state index contributed by atoms with van der Waals surface area (Å²) in [6.45, 7) is 8.72. The molecule has 1 fully saturated rings. The molecule has 1 atom stereocenters. The molecule has 0 spiro atoms. The molecule has 1 saturated heterocycles. The van der Waals surface area contributed by atoms with Crippen molar-refractivity contribution in [2.75, 3.05) is 26.2 Å². The van der Waals surface area contributed by atoms with Gasteiger partial charge >= 0.3 is 0 Å². The van der Waals surface area contributed by atoms with Gasteiger partial charge < -0.3 is 14.9 Å². The molecule has 1 aliphatic rings. The number of carbonyl (C=O) groups is 2. The summed E-state index contributed by atoms with van der Waals surface area (Å²) in [5.74, 6) is -2.08. The van der Waals surface area contributed by atoms with Gasteiger partial charge in [0.1, 0.15) is 11.6 Å². The quantitative estimate of drug-likeness (QED) is 0.427. The van der Waals surface area contributed by atoms with Crippen molar-refractivity contribution < 1.29 is 19.1 Å². The largest absolute Gasteiger partial charge is 0.507 e. The van der Waals surface area contributed by atoms with Crippen LogP contribution in [0.25, 0.3) is 5.76 Å². The Morgan fingerprint density at radius 2 is 1.63 bits per heavy atom. The minimum absolute atomic E-state index is 0.0370. The van der Waals surface area contributed by atoms with Crippen LogP contribution in [0.15, 0.2) is 54.1 Å². The number of halogens is 1. The number of Topliss-reactive ketones (excluding diaryl/α,β-unsaturated/α-hetero) is 1. The van der Waals surface area contributed by atoms with Crippen molar-refractivity contribution in [2.24, 2.45) is 0 Å². The molecule has 2 aromatic rings. The maximum atomic E-state index is 13.3. The Kier molecular flexibility index (Phi) is 6.67. The number of rotatable bonds is 7. The number of carbonyl (C=O) groups excluding carboxylic acids is 2. The van der Waals surface area contributed by atoms with E-state index >= 15 is 0 Å². The topological polar surface area (TPSA) is 60.9 Å². The van der Waals surface area contributed by atoms with E-state index in [1.54, 1.807) is 0 Å². The van der Waals surface area contributed by atoms with Gasteiger partial charge in [-0.15, -0.1) is 0 Å². The molecule has 5 nitrogen and oxygen atoms in total. The normalized spacial score (nSPS) is 18.4. The minimum Gasteiger partial charge on any atom is -0.507 e. The molecule has 6 heteroatoms. The molecule has 1 N–H and O–H groups in total. The third-order valence-corrected chi connectivity index (χ3v) is 5.60. The molecule has 0 aliphatic carbocycles. The number of ketones is 1. The fraction of sp³-hybridized carbons (Fsp3) is 0.333. The first kappa shape index (κ1) is 21.7. The van der Waals surface area contributed by atoms with Crippen molar-refractivity contribution in [3.8, 4) is 0 Å². The van der Waals surface area contributed by atoms with Gasteiger partial charge in [-0.2, -0.15) is 0 Å². The maximum Gasteiger partial charge on any atom is 0.295 e. The predicted octanol–water partition coefficient (Wildman–Crippen LogP) is 3.90. The highest BCUT2D eigenvalue weighted by atomic mass is 19.1. The number of hydrogen-bond donors (Lipinski definition) is 1. The van der Waals surface area contributed by atoms with Crippen molar-refractivity contribution in [1.29, 1.82) is 0 Å². The summed E-state index contributed by atoms with van der Waals surface area (Å²) in [5, 5.41) is 10.9. The Balaban J connectivity index is 2.08. The number of benzene rings is 2. The molecule has 0 radical (unpaired) electrons. The number of aliphatic hydroxyl groups is 1. The highest BCUT2D eigenvalue weighted by Gasteiger charge is 2.45. The first-order valence-electron chi connectivity index (χ1n) is 10.2. The third kappa shape index (κ3) is 4.28. The van der Waals surface area contributed by atoms with Crippen molar-refractivity contribution in [1.82, 2.24) is 9.80 Å². The fourth-order valence-electron chi connectivity index (χ4n) is 3.76. The van der Waals surface area contributed by atoms with E-state index in [1.807, 2.05) is 45.0 Å². The van der Waals surface area contributed by atoms with E-state index < -0.39 is 23.5 Å². The second-order valence-corrected chi connectivity index (χ2v) is 7.44. The van der Waals surface area contributed by atoms with Crippen LogP contribution in [-0.4, -0.2) is 52.8 Å². The zero-order valence-corrected chi connectivity index (χ0v) is 17.6. The van der Waals surface area contributed by atoms with Crippen molar-refractivity contribution in [3.05, 3.63) is 76.6 Å². The number of likely N-dealkylation sites (N-methyl/N-ethyl adjacent to an activating group) is 1. The van der Waals surface area contributed by atoms with Gasteiger partial charge in [-0.05, 0) is 49.8 Å². The van der Waals surface area contributed by atoms with E-state index in [-0.39, 0.29) is 11.3 Å². The highest BCUT2D eigenvalue weighted by Crippen LogP contribution is 2.39. The van der Waals surface area contributed by atoms with Crippen LogP contribution in [0.5, 0.6) is 0 Å². The Bertz CT molecular complexity index is 947. The van der Waals surface area contributed by atoms with Gasteiger partial charge in [0.15, 0.2) is 0 Å². The smallest absolute Gasteiger partial charge is 0.295 e. The van der Waals surface area contributed by atoms with Crippen molar-refractivity contribution in [2.45, 2.75) is 26.8 Å². The van der Waals surface area contributed by atoms with Crippen molar-refractivity contribution in [3.63, 3.8) is 0 Å². The summed E-state index contributed by atoms with van der Waals surface area (Å²) in [6.07, 6.45) is 0. The lowest BCUT2D eigenvalue weighted by Crippen LogP contribution is -2.38. The first-order valence-corrected chi connectivity index (χ1v) is 10.2. The molecule has 0 aromatic heterocycles. The summed E-state index contributed by atoms with van der Waals surface area (Å²) >= 11 is 0. The van der Waals surface area contributed by atoms with Gasteiger partial charge in [0.2, 0.25) is 0 Å². The monoisotopic (exact) mass is 410 g/mol. The molecule has 1 amide bonds. The van der Waals surface area contributed by atoms with E-state index in [2.05, 4.69) is 4.90 Å². The van der Waals surface area contributed by atoms with Crippen LogP contribution in [0.2, 0.25) is 0 Å². The van der Waals surface area contributed by atoms with Crippen LogP contribution in [0.3, 0.4) is 0 Å². The van der Waals surface area contributed by atoms with Crippen molar-refractivity contribution >= 4 is 17.4 Å². The van der Waals surface area contributed by atoms with E-state index in [4.69, 9.17) is 0 Å². The maximum absolute atomic E-state index is 13.3. The summed E-state index contributed by atoms with van der Waals surface area (Å²) in [7, 11) is 0. The Morgan fingerprint density at radius 3 is 2.20 bits per heavy atom. The highest BCUT2D eigenvalue weighted by molar-refractivity contribution is 6.46. The number of likely N-dealkylation sites (tertiary alicyclic amines) is 1. The first-order chi connectivity index (χ1) is 14.4. The number of nitrogens with zero attached hydrogens (tertiary/aromatic N) is 2. The van der Waals surface area contributed by atoms with Gasteiger partial charge in [0.25, 0.3) is 11.7 Å². The SMILES string of the molecule is CCN(CC)CCN1C(=O)C(=O)/C(=C(/O)c2ccc(F)cc2)[C@H]1c1ccc(C)cc1. The zero-order valence-electron chi connectivity index (χ0n) is 17.6. The van der Waals surface area contributed by atoms with E-state index in [0.29, 0.717) is 18.7 Å². The molecule has 1 heterocycles. The average molecular weight is 410 g/mol. The lowest BCUT2D eigenvalue weighted by Gasteiger charge is -2.28. The second-order valence-electron chi connectivity index (χ2n) is 7.44. The molecule has 30 heavy (non-hydrogen) atoms. The number of amides is 1. The van der Waals surface area contributed by atoms with Crippen LogP contribution >= 0.6 is 0 Å². The van der Waals surface area contributed by atoms with Crippen LogP contribution in [0, 0.1) is 12.7 Å². The van der Waals surface area contributed by atoms with Gasteiger partial charge in [0, 0.05) is 18.7 Å². The Labute approximate surface area is 176 Å². The van der Waals surface area contributed by atoms with Gasteiger partial charge in [-0.25, -0.2) is 4.39 Å². The predicted molar refractivity (Wildman–Crippen MR) is 114 cm³/mol. The van der Waals surface area contributed by atoms with Gasteiger partial charge in [-0.1, -0.05) is 43.7 Å². The van der Waals surface area contributed by atoms with Crippen LogP contribution in [0.4, 0.5) is 4.39 Å². The van der Waals surface area contributed by atoms with E-state index in [1.165, 1.54) is 29.2 Å². The molecular formula is C24H27FN2O3. The summed E-state index contributed by atoms with van der Waals surface area (Å²) in [4.78, 5) is 29.5. The third-order valence-electron chi connectivity index (χ3n) is 5.60. The molecule has 3 rings (SSSR count). The van der Waals surface area contributed by atoms with Crippen LogP contribution in [-0.2, 0) is 9.59 Å². The van der Waals surface area contributed by atoms with Gasteiger partial charge in [-0.3, -0.25) is 9.59 Å². The van der Waals surface area contributed by atoms with E-state index in [9.17, 15) is 19.1 Å². The fourth-order valence-corrected chi connectivity index (χ4v) is 3.76. The minimum atomic E-state index is -0.720. The number of aryl methyl sites for hydroxylation is 1. The van der Waals surface area contributed by atoms with Gasteiger partial charge in [0.05, 0.1) is 11.6 Å². The van der Waals surface area contributed by atoms with E-state index in [0.717, 1.165) is 24.2 Å². The van der Waals surface area contributed by atoms with Crippen LogP contribution < -0.4 is 0 Å². The standard InChI is InChI=1S/C24H27FN2O3/c1-4-26(5-2)14-15-27-21(17-8-6-16(3)7-9-17)20(23(29)24(27)30)22(28)18-10-12-19(25)13-11-18/h6-13,21,28H,4-5,14-15H2,1-3H3/b22-20+/t21-/m1/s1. The molecule has 0 saturated carbocycles. The molecule has 0 unspecified atom stereocenters. The second kappa shape index (κ2) is 9.22. The molecular weight excluding hydrogens is 383 g/mol. The number of hydrogen-bond acceptors (Lipinski definition) is 4. The zero-order chi connectivity index (χ0) is 21.8. The summed E-state index contributed by atoms with van der Waals surface area (Å²) < 4.78 is 13.3. The lowest BCUT2D eigenvalue weighted by molar-refractivity contribution is -0.140. The van der Waals surface area contributed by atoms with Crippen LogP contribution in [0.1, 0.15) is 36.6 Å². The Hall–Kier alpha value is -2.99. The lowest BCUT2D eigenvalue weighted by atomic mass is 9.94. The number of aliphatic hydroxyl groups excluding tert-OH is 1. The Morgan fingerprint density at radius 1 is 1.03 bits per heavy atom. The summed E-state index contributed by atoms with van der Waals surface area (Å²) in [5.41, 5.74) is 2.14. The molecule has 2 aromatic carbocycles. The molecule has 1 aliphatic heterocycles. The molecule has 158 valence electrons.